The molecule has 0 fully saturated rings. The topological polar surface area (TPSA) is 42.0 Å². The number of aromatic nitrogens is 1. The minimum absolute atomic E-state index is 0.0383. The molecule has 1 heterocycles. The number of hydrogen-bond acceptors (Lipinski definition) is 3. The van der Waals surface area contributed by atoms with E-state index in [1.165, 1.54) is 22.9 Å². The van der Waals surface area contributed by atoms with Gasteiger partial charge in [-0.15, -0.1) is 0 Å². The van der Waals surface area contributed by atoms with Crippen LogP contribution in [0.1, 0.15) is 28.3 Å². The first-order valence-electron chi connectivity index (χ1n) is 6.87. The number of nitrogens with one attached hydrogen (secondary N) is 1. The molecule has 2 rings (SSSR count). The molecule has 0 spiro atoms. The second kappa shape index (κ2) is 7.27. The maximum Gasteiger partial charge on any atom is 0.230 e. The summed E-state index contributed by atoms with van der Waals surface area (Å²) in [4.78, 5) is 16.2. The Balaban J connectivity index is 2.38. The first-order valence-corrected chi connectivity index (χ1v) is 8.26. The van der Waals surface area contributed by atoms with Gasteiger partial charge in [0.15, 0.2) is 0 Å². The van der Waals surface area contributed by atoms with Crippen LogP contribution in [0.5, 0.6) is 0 Å². The van der Waals surface area contributed by atoms with Crippen LogP contribution in [-0.4, -0.2) is 22.9 Å². The fraction of sp³-hybridized carbons (Fsp3) is 0.294. The van der Waals surface area contributed by atoms with Crippen molar-refractivity contribution in [2.45, 2.75) is 19.9 Å². The fourth-order valence-corrected chi connectivity index (χ4v) is 2.72. The highest BCUT2D eigenvalue weighted by atomic mass is 32.2. The zero-order chi connectivity index (χ0) is 15.2. The lowest BCUT2D eigenvalue weighted by Gasteiger charge is -2.21. The maximum absolute atomic E-state index is 12.0. The van der Waals surface area contributed by atoms with E-state index in [1.807, 2.05) is 24.6 Å². The van der Waals surface area contributed by atoms with Crippen molar-refractivity contribution in [2.24, 2.45) is 0 Å². The molecular weight excluding hydrogens is 280 g/mol. The lowest BCUT2D eigenvalue weighted by Crippen LogP contribution is -2.31. The van der Waals surface area contributed by atoms with E-state index in [2.05, 4.69) is 42.3 Å². The number of nitrogens with zero attached hydrogens (tertiary/aromatic N) is 1. The van der Waals surface area contributed by atoms with Gasteiger partial charge in [-0.25, -0.2) is 0 Å². The Morgan fingerprint density at radius 2 is 2.14 bits per heavy atom. The van der Waals surface area contributed by atoms with Gasteiger partial charge in [0.05, 0.1) is 11.8 Å². The number of aryl methyl sites for hydroxylation is 2. The van der Waals surface area contributed by atoms with Gasteiger partial charge < -0.3 is 5.32 Å². The van der Waals surface area contributed by atoms with Crippen molar-refractivity contribution < 1.29 is 4.79 Å². The molecule has 1 aromatic heterocycles. The number of thioether (sulfide) groups is 1. The smallest absolute Gasteiger partial charge is 0.230 e. The summed E-state index contributed by atoms with van der Waals surface area (Å²) in [6.45, 7) is 4.15. The number of benzene rings is 1. The molecule has 1 unspecified atom stereocenters. The van der Waals surface area contributed by atoms with Gasteiger partial charge >= 0.3 is 0 Å². The summed E-state index contributed by atoms with van der Waals surface area (Å²) in [7, 11) is 0. The van der Waals surface area contributed by atoms with Crippen LogP contribution in [0.15, 0.2) is 42.7 Å². The SMILES string of the molecule is CSCC(=O)NC(c1cccnc1)c1ccc(C)cc1C. The molecule has 0 aliphatic heterocycles. The molecule has 0 aliphatic carbocycles. The summed E-state index contributed by atoms with van der Waals surface area (Å²) >= 11 is 1.52. The summed E-state index contributed by atoms with van der Waals surface area (Å²) in [6.07, 6.45) is 5.48. The normalized spacial score (nSPS) is 12.0. The van der Waals surface area contributed by atoms with Gasteiger partial charge in [0.2, 0.25) is 5.91 Å². The van der Waals surface area contributed by atoms with Crippen LogP contribution >= 0.6 is 11.8 Å². The number of rotatable bonds is 5. The molecule has 1 N–H and O–H groups in total. The molecule has 1 amide bonds. The molecule has 1 aromatic carbocycles. The van der Waals surface area contributed by atoms with Crippen LogP contribution in [0.2, 0.25) is 0 Å². The van der Waals surface area contributed by atoms with Gasteiger partial charge in [-0.2, -0.15) is 11.8 Å². The zero-order valence-electron chi connectivity index (χ0n) is 12.6. The highest BCUT2D eigenvalue weighted by molar-refractivity contribution is 7.99. The highest BCUT2D eigenvalue weighted by Gasteiger charge is 2.18. The number of amides is 1. The lowest BCUT2D eigenvalue weighted by atomic mass is 9.94. The first-order chi connectivity index (χ1) is 10.1. The number of hydrogen-bond donors (Lipinski definition) is 1. The number of pyridine rings is 1. The third kappa shape index (κ3) is 4.08. The standard InChI is InChI=1S/C17H20N2OS/c1-12-6-7-15(13(2)9-12)17(19-16(20)11-21-3)14-5-4-8-18-10-14/h4-10,17H,11H2,1-3H3,(H,19,20). The predicted molar refractivity (Wildman–Crippen MR) is 88.5 cm³/mol. The van der Waals surface area contributed by atoms with E-state index in [0.29, 0.717) is 5.75 Å². The fourth-order valence-electron chi connectivity index (χ4n) is 2.37. The average Bonchev–Trinajstić information content (AvgIpc) is 2.47. The Bertz CT molecular complexity index is 613. The molecule has 0 radical (unpaired) electrons. The Hall–Kier alpha value is -1.81. The van der Waals surface area contributed by atoms with Crippen molar-refractivity contribution in [3.63, 3.8) is 0 Å². The molecule has 3 nitrogen and oxygen atoms in total. The van der Waals surface area contributed by atoms with Crippen molar-refractivity contribution in [1.82, 2.24) is 10.3 Å². The highest BCUT2D eigenvalue weighted by Crippen LogP contribution is 2.25. The van der Waals surface area contributed by atoms with Gasteiger partial charge in [0.25, 0.3) is 0 Å². The van der Waals surface area contributed by atoms with Crippen LogP contribution in [-0.2, 0) is 4.79 Å². The lowest BCUT2D eigenvalue weighted by molar-refractivity contribution is -0.119. The molecule has 2 aromatic rings. The summed E-state index contributed by atoms with van der Waals surface area (Å²) in [5.74, 6) is 0.498. The summed E-state index contributed by atoms with van der Waals surface area (Å²) in [6, 6.07) is 10.0. The number of carbonyl (C=O) groups is 1. The molecule has 110 valence electrons. The van der Waals surface area contributed by atoms with Gasteiger partial charge in [-0.3, -0.25) is 9.78 Å². The van der Waals surface area contributed by atoms with E-state index in [1.54, 1.807) is 6.20 Å². The van der Waals surface area contributed by atoms with Crippen molar-refractivity contribution in [1.29, 1.82) is 0 Å². The largest absolute Gasteiger partial charge is 0.344 e. The minimum atomic E-state index is -0.154. The third-order valence-electron chi connectivity index (χ3n) is 3.33. The average molecular weight is 300 g/mol. The Morgan fingerprint density at radius 3 is 2.76 bits per heavy atom. The molecule has 0 saturated carbocycles. The molecule has 21 heavy (non-hydrogen) atoms. The minimum Gasteiger partial charge on any atom is -0.344 e. The van der Waals surface area contributed by atoms with Crippen LogP contribution in [0.4, 0.5) is 0 Å². The maximum atomic E-state index is 12.0. The van der Waals surface area contributed by atoms with Crippen molar-refractivity contribution in [3.8, 4) is 0 Å². The number of carbonyl (C=O) groups excluding carboxylic acids is 1. The van der Waals surface area contributed by atoms with E-state index in [9.17, 15) is 4.79 Å². The molecule has 0 bridgehead atoms. The van der Waals surface area contributed by atoms with Crippen LogP contribution in [0.3, 0.4) is 0 Å². The molecule has 4 heteroatoms. The summed E-state index contributed by atoms with van der Waals surface area (Å²) < 4.78 is 0. The molecule has 0 saturated heterocycles. The molecule has 0 aliphatic rings. The second-order valence-corrected chi connectivity index (χ2v) is 5.95. The third-order valence-corrected chi connectivity index (χ3v) is 3.89. The van der Waals surface area contributed by atoms with Gasteiger partial charge in [-0.1, -0.05) is 29.8 Å². The van der Waals surface area contributed by atoms with E-state index in [0.717, 1.165) is 11.1 Å². The van der Waals surface area contributed by atoms with E-state index >= 15 is 0 Å². The Labute approximate surface area is 130 Å². The van der Waals surface area contributed by atoms with Gasteiger partial charge in [0, 0.05) is 12.4 Å². The van der Waals surface area contributed by atoms with Crippen LogP contribution in [0.25, 0.3) is 0 Å². The molecule has 1 atom stereocenters. The summed E-state index contributed by atoms with van der Waals surface area (Å²) in [5.41, 5.74) is 4.51. The summed E-state index contributed by atoms with van der Waals surface area (Å²) in [5, 5.41) is 3.11. The quantitative estimate of drug-likeness (QED) is 0.921. The second-order valence-electron chi connectivity index (χ2n) is 5.08. The monoisotopic (exact) mass is 300 g/mol. The van der Waals surface area contributed by atoms with E-state index in [-0.39, 0.29) is 11.9 Å². The van der Waals surface area contributed by atoms with Crippen molar-refractivity contribution >= 4 is 17.7 Å². The van der Waals surface area contributed by atoms with E-state index in [4.69, 9.17) is 0 Å². The predicted octanol–water partition coefficient (Wildman–Crippen LogP) is 3.27. The van der Waals surface area contributed by atoms with Crippen molar-refractivity contribution in [3.05, 3.63) is 65.0 Å². The van der Waals surface area contributed by atoms with Gasteiger partial charge in [-0.05, 0) is 42.9 Å². The first kappa shape index (κ1) is 15.6. The van der Waals surface area contributed by atoms with Crippen LogP contribution in [0, 0.1) is 13.8 Å². The van der Waals surface area contributed by atoms with Crippen molar-refractivity contribution in [2.75, 3.05) is 12.0 Å². The zero-order valence-corrected chi connectivity index (χ0v) is 13.4. The van der Waals surface area contributed by atoms with Crippen LogP contribution < -0.4 is 5.32 Å². The van der Waals surface area contributed by atoms with E-state index < -0.39 is 0 Å². The Kier molecular flexibility index (Phi) is 5.39. The molecular formula is C17H20N2OS. The Morgan fingerprint density at radius 1 is 1.33 bits per heavy atom. The van der Waals surface area contributed by atoms with Gasteiger partial charge in [0.1, 0.15) is 0 Å².